The van der Waals surface area contributed by atoms with Crippen LogP contribution in [0.3, 0.4) is 0 Å². The summed E-state index contributed by atoms with van der Waals surface area (Å²) in [6, 6.07) is 11.3. The van der Waals surface area contributed by atoms with E-state index in [4.69, 9.17) is 9.47 Å². The smallest absolute Gasteiger partial charge is 0.255 e. The van der Waals surface area contributed by atoms with Gasteiger partial charge in [0.15, 0.2) is 11.5 Å². The lowest BCUT2D eigenvalue weighted by molar-refractivity contribution is 0.102. The molecule has 162 valence electrons. The number of methoxy groups -OCH3 is 1. The highest BCUT2D eigenvalue weighted by molar-refractivity contribution is 7.89. The van der Waals surface area contributed by atoms with Crippen LogP contribution in [-0.2, 0) is 10.0 Å². The third-order valence-corrected chi connectivity index (χ3v) is 6.69. The quantitative estimate of drug-likeness (QED) is 0.686. The second kappa shape index (κ2) is 9.49. The molecule has 0 bridgehead atoms. The van der Waals surface area contributed by atoms with Crippen LogP contribution in [0.4, 0.5) is 5.69 Å². The highest BCUT2D eigenvalue weighted by atomic mass is 32.2. The van der Waals surface area contributed by atoms with E-state index in [-0.39, 0.29) is 10.8 Å². The van der Waals surface area contributed by atoms with Gasteiger partial charge in [0.05, 0.1) is 18.6 Å². The van der Waals surface area contributed by atoms with Crippen molar-refractivity contribution in [1.82, 2.24) is 4.31 Å². The van der Waals surface area contributed by atoms with E-state index in [9.17, 15) is 13.2 Å². The summed E-state index contributed by atoms with van der Waals surface area (Å²) in [5.41, 5.74) is 0.802. The van der Waals surface area contributed by atoms with Crippen molar-refractivity contribution in [3.63, 3.8) is 0 Å². The SMILES string of the molecule is COc1cc(C(=O)Nc2cccc(S(=O)(=O)N3CCCC3)c2)ccc1OCC(C)C. The van der Waals surface area contributed by atoms with Crippen molar-refractivity contribution < 1.29 is 22.7 Å². The van der Waals surface area contributed by atoms with Gasteiger partial charge in [-0.25, -0.2) is 8.42 Å². The van der Waals surface area contributed by atoms with Crippen LogP contribution < -0.4 is 14.8 Å². The van der Waals surface area contributed by atoms with E-state index in [1.54, 1.807) is 36.4 Å². The molecule has 0 spiro atoms. The van der Waals surface area contributed by atoms with Crippen molar-refractivity contribution in [2.45, 2.75) is 31.6 Å². The van der Waals surface area contributed by atoms with E-state index in [2.05, 4.69) is 5.32 Å². The van der Waals surface area contributed by atoms with Gasteiger partial charge >= 0.3 is 0 Å². The van der Waals surface area contributed by atoms with Crippen molar-refractivity contribution in [2.24, 2.45) is 5.92 Å². The monoisotopic (exact) mass is 432 g/mol. The van der Waals surface area contributed by atoms with Crippen LogP contribution in [0.2, 0.25) is 0 Å². The molecule has 1 fully saturated rings. The fourth-order valence-electron chi connectivity index (χ4n) is 3.20. The summed E-state index contributed by atoms with van der Waals surface area (Å²) < 4.78 is 38.1. The summed E-state index contributed by atoms with van der Waals surface area (Å²) in [5.74, 6) is 1.04. The minimum absolute atomic E-state index is 0.178. The van der Waals surface area contributed by atoms with Crippen LogP contribution >= 0.6 is 0 Å². The fraction of sp³-hybridized carbons (Fsp3) is 0.409. The number of amides is 1. The van der Waals surface area contributed by atoms with Gasteiger partial charge in [-0.2, -0.15) is 4.31 Å². The molecule has 2 aromatic rings. The first-order valence-corrected chi connectivity index (χ1v) is 11.5. The molecule has 1 aliphatic heterocycles. The number of anilines is 1. The summed E-state index contributed by atoms with van der Waals surface area (Å²) >= 11 is 0. The largest absolute Gasteiger partial charge is 0.493 e. The standard InChI is InChI=1S/C22H28N2O5S/c1-16(2)15-29-20-10-9-17(13-21(20)28-3)22(25)23-18-7-6-8-19(14-18)30(26,27)24-11-4-5-12-24/h6-10,13-14,16H,4-5,11-12,15H2,1-3H3,(H,23,25). The maximum Gasteiger partial charge on any atom is 0.255 e. The zero-order valence-corrected chi connectivity index (χ0v) is 18.4. The van der Waals surface area contributed by atoms with Gasteiger partial charge in [-0.1, -0.05) is 19.9 Å². The summed E-state index contributed by atoms with van der Waals surface area (Å²) in [4.78, 5) is 12.9. The molecule has 0 atom stereocenters. The van der Waals surface area contributed by atoms with Gasteiger partial charge in [-0.15, -0.1) is 0 Å². The van der Waals surface area contributed by atoms with Crippen molar-refractivity contribution in [1.29, 1.82) is 0 Å². The zero-order valence-electron chi connectivity index (χ0n) is 17.6. The van der Waals surface area contributed by atoms with E-state index in [0.717, 1.165) is 12.8 Å². The van der Waals surface area contributed by atoms with Gasteiger partial charge in [0.1, 0.15) is 0 Å². The Balaban J connectivity index is 1.76. The number of carbonyl (C=O) groups excluding carboxylic acids is 1. The van der Waals surface area contributed by atoms with E-state index in [1.165, 1.54) is 17.5 Å². The summed E-state index contributed by atoms with van der Waals surface area (Å²) in [6.07, 6.45) is 1.74. The summed E-state index contributed by atoms with van der Waals surface area (Å²) in [7, 11) is -2.03. The van der Waals surface area contributed by atoms with Crippen molar-refractivity contribution in [3.8, 4) is 11.5 Å². The molecule has 0 aliphatic carbocycles. The number of ether oxygens (including phenoxy) is 2. The van der Waals surface area contributed by atoms with Crippen LogP contribution in [0.1, 0.15) is 37.0 Å². The van der Waals surface area contributed by atoms with E-state index in [1.807, 2.05) is 13.8 Å². The van der Waals surface area contributed by atoms with Crippen LogP contribution in [-0.4, -0.2) is 45.4 Å². The molecule has 3 rings (SSSR count). The molecule has 0 aromatic heterocycles. The van der Waals surface area contributed by atoms with Crippen molar-refractivity contribution >= 4 is 21.6 Å². The predicted molar refractivity (Wildman–Crippen MR) is 116 cm³/mol. The Kier molecular flexibility index (Phi) is 6.99. The number of benzene rings is 2. The molecule has 8 heteroatoms. The van der Waals surface area contributed by atoms with Crippen LogP contribution in [0.15, 0.2) is 47.4 Å². The van der Waals surface area contributed by atoms with Crippen molar-refractivity contribution in [2.75, 3.05) is 32.1 Å². The molecule has 1 amide bonds. The highest BCUT2D eigenvalue weighted by Crippen LogP contribution is 2.29. The average molecular weight is 433 g/mol. The van der Waals surface area contributed by atoms with Gasteiger partial charge in [-0.05, 0) is 55.2 Å². The molecule has 7 nitrogen and oxygen atoms in total. The molecular formula is C22H28N2O5S. The second-order valence-corrected chi connectivity index (χ2v) is 9.60. The Labute approximate surface area is 178 Å². The normalized spacial score (nSPS) is 14.7. The first-order valence-electron chi connectivity index (χ1n) is 10.0. The Hall–Kier alpha value is -2.58. The molecular weight excluding hydrogens is 404 g/mol. The second-order valence-electron chi connectivity index (χ2n) is 7.66. The maximum absolute atomic E-state index is 12.8. The first kappa shape index (κ1) is 22.1. The highest BCUT2D eigenvalue weighted by Gasteiger charge is 2.27. The lowest BCUT2D eigenvalue weighted by atomic mass is 10.1. The van der Waals surface area contributed by atoms with Gasteiger partial charge in [0.2, 0.25) is 10.0 Å². The number of hydrogen-bond donors (Lipinski definition) is 1. The Morgan fingerprint density at radius 2 is 1.83 bits per heavy atom. The Morgan fingerprint density at radius 3 is 2.50 bits per heavy atom. The summed E-state index contributed by atoms with van der Waals surface area (Å²) in [5, 5.41) is 2.76. The first-order chi connectivity index (χ1) is 14.3. The lowest BCUT2D eigenvalue weighted by Gasteiger charge is -2.16. The van der Waals surface area contributed by atoms with Gasteiger partial charge < -0.3 is 14.8 Å². The molecule has 1 heterocycles. The van der Waals surface area contributed by atoms with Gasteiger partial charge in [-0.3, -0.25) is 4.79 Å². The number of nitrogens with zero attached hydrogens (tertiary/aromatic N) is 1. The molecule has 0 unspecified atom stereocenters. The fourth-order valence-corrected chi connectivity index (χ4v) is 4.76. The molecule has 1 N–H and O–H groups in total. The number of carbonyl (C=O) groups is 1. The maximum atomic E-state index is 12.8. The minimum atomic E-state index is -3.55. The molecule has 0 saturated carbocycles. The number of nitrogens with one attached hydrogen (secondary N) is 1. The number of rotatable bonds is 8. The molecule has 1 aliphatic rings. The van der Waals surface area contributed by atoms with Gasteiger partial charge in [0.25, 0.3) is 5.91 Å². The number of hydrogen-bond acceptors (Lipinski definition) is 5. The summed E-state index contributed by atoms with van der Waals surface area (Å²) in [6.45, 7) is 5.70. The van der Waals surface area contributed by atoms with Gasteiger partial charge in [0, 0.05) is 24.3 Å². The Bertz CT molecular complexity index is 998. The minimum Gasteiger partial charge on any atom is -0.493 e. The molecule has 2 aromatic carbocycles. The van der Waals surface area contributed by atoms with Crippen LogP contribution in [0, 0.1) is 5.92 Å². The predicted octanol–water partition coefficient (Wildman–Crippen LogP) is 3.77. The van der Waals surface area contributed by atoms with Crippen molar-refractivity contribution in [3.05, 3.63) is 48.0 Å². The van der Waals surface area contributed by atoms with E-state index >= 15 is 0 Å². The zero-order chi connectivity index (χ0) is 21.7. The molecule has 1 saturated heterocycles. The molecule has 0 radical (unpaired) electrons. The average Bonchev–Trinajstić information content (AvgIpc) is 3.28. The van der Waals surface area contributed by atoms with Crippen LogP contribution in [0.5, 0.6) is 11.5 Å². The number of sulfonamides is 1. The third kappa shape index (κ3) is 5.12. The Morgan fingerprint density at radius 1 is 1.10 bits per heavy atom. The topological polar surface area (TPSA) is 84.9 Å². The third-order valence-electron chi connectivity index (χ3n) is 4.79. The van der Waals surface area contributed by atoms with Crippen LogP contribution in [0.25, 0.3) is 0 Å². The van der Waals surface area contributed by atoms with E-state index in [0.29, 0.717) is 48.4 Å². The lowest BCUT2D eigenvalue weighted by Crippen LogP contribution is -2.27. The molecule has 30 heavy (non-hydrogen) atoms. The van der Waals surface area contributed by atoms with E-state index < -0.39 is 10.0 Å².